The minimum Gasteiger partial charge on any atom is -0.396 e. The third kappa shape index (κ3) is 4.14. The van der Waals surface area contributed by atoms with E-state index in [9.17, 15) is 14.3 Å². The van der Waals surface area contributed by atoms with Crippen molar-refractivity contribution in [3.63, 3.8) is 0 Å². The van der Waals surface area contributed by atoms with Gasteiger partial charge in [-0.05, 0) is 79.0 Å². The Hall–Kier alpha value is -2.08. The van der Waals surface area contributed by atoms with Crippen LogP contribution in [0.3, 0.4) is 0 Å². The Morgan fingerprint density at radius 2 is 2.12 bits per heavy atom. The van der Waals surface area contributed by atoms with Crippen LogP contribution in [0.5, 0.6) is 0 Å². The molecule has 0 aliphatic heterocycles. The number of halogens is 3. The highest BCUT2D eigenvalue weighted by Gasteiger charge is 2.54. The molecular formula is C25H26Cl2FNO3. The first-order valence-electron chi connectivity index (χ1n) is 10.8. The topological polar surface area (TPSA) is 58.6 Å². The summed E-state index contributed by atoms with van der Waals surface area (Å²) >= 11 is 11.7. The lowest BCUT2D eigenvalue weighted by atomic mass is 9.57. The second-order valence-electron chi connectivity index (χ2n) is 9.11. The molecule has 0 amide bonds. The van der Waals surface area contributed by atoms with Crippen LogP contribution >= 0.6 is 23.5 Å². The number of hydrogen-bond donors (Lipinski definition) is 2. The minimum atomic E-state index is -1.05. The van der Waals surface area contributed by atoms with Gasteiger partial charge in [-0.3, -0.25) is 0 Å². The fraction of sp³-hybridized carbons (Fsp3) is 0.400. The number of carbonyl (C=O) groups excluding carboxylic acids is 1. The Labute approximate surface area is 197 Å². The molecule has 0 bridgehead atoms. The van der Waals surface area contributed by atoms with Crippen molar-refractivity contribution in [3.05, 3.63) is 70.5 Å². The van der Waals surface area contributed by atoms with Gasteiger partial charge in [0.25, 0.3) is 0 Å². The molecule has 3 unspecified atom stereocenters. The number of hydrogen-bond acceptors (Lipinski definition) is 4. The molecule has 4 rings (SSSR count). The fourth-order valence-electron chi connectivity index (χ4n) is 5.45. The minimum absolute atomic E-state index is 0.0104. The van der Waals surface area contributed by atoms with E-state index < -0.39 is 11.5 Å². The largest absolute Gasteiger partial charge is 0.396 e. The number of benzene rings is 2. The van der Waals surface area contributed by atoms with Crippen LogP contribution in [-0.4, -0.2) is 23.2 Å². The van der Waals surface area contributed by atoms with Crippen molar-refractivity contribution in [1.29, 1.82) is 0 Å². The van der Waals surface area contributed by atoms with Gasteiger partial charge < -0.3 is 14.7 Å². The standard InChI is InChI=1S/C25H26Cl2FNO3/c1-16(15-30)11-18-14-25(23(31)32-27,29-21-4-2-3-19(26)13-21)10-9-24(18)8-7-17-12-20(28)5-6-22(17)24/h2-8,12-13,16,18,29-30H,9-11,14-15H2,1H3/t16-,18?,24?,25?/m1/s1. The lowest BCUT2D eigenvalue weighted by molar-refractivity contribution is -0.141. The maximum Gasteiger partial charge on any atom is 0.349 e. The molecule has 7 heteroatoms. The van der Waals surface area contributed by atoms with Gasteiger partial charge in [0.2, 0.25) is 0 Å². The summed E-state index contributed by atoms with van der Waals surface area (Å²) in [7, 11) is 0. The van der Waals surface area contributed by atoms with Gasteiger partial charge >= 0.3 is 5.97 Å². The Morgan fingerprint density at radius 3 is 2.84 bits per heavy atom. The van der Waals surface area contributed by atoms with Crippen molar-refractivity contribution in [1.82, 2.24) is 0 Å². The molecule has 0 radical (unpaired) electrons. The molecule has 32 heavy (non-hydrogen) atoms. The Bertz CT molecular complexity index is 1050. The average molecular weight is 478 g/mol. The van der Waals surface area contributed by atoms with Crippen LogP contribution in [0, 0.1) is 17.7 Å². The molecule has 2 aromatic carbocycles. The van der Waals surface area contributed by atoms with E-state index in [-0.39, 0.29) is 29.7 Å². The van der Waals surface area contributed by atoms with Crippen molar-refractivity contribution in [2.24, 2.45) is 11.8 Å². The molecule has 1 spiro atoms. The number of rotatable bonds is 6. The monoisotopic (exact) mass is 477 g/mol. The molecule has 0 aromatic heterocycles. The molecule has 170 valence electrons. The predicted molar refractivity (Wildman–Crippen MR) is 125 cm³/mol. The van der Waals surface area contributed by atoms with Gasteiger partial charge in [-0.15, -0.1) is 0 Å². The molecule has 1 fully saturated rings. The number of carbonyl (C=O) groups is 1. The van der Waals surface area contributed by atoms with Crippen LogP contribution < -0.4 is 5.32 Å². The van der Waals surface area contributed by atoms with Crippen molar-refractivity contribution in [2.75, 3.05) is 11.9 Å². The summed E-state index contributed by atoms with van der Waals surface area (Å²) in [6, 6.07) is 12.1. The number of allylic oxidation sites excluding steroid dienone is 1. The Kier molecular flexibility index (Phi) is 6.53. The third-order valence-electron chi connectivity index (χ3n) is 7.03. The molecule has 2 aliphatic carbocycles. The van der Waals surface area contributed by atoms with Gasteiger partial charge in [-0.25, -0.2) is 9.18 Å². The van der Waals surface area contributed by atoms with Gasteiger partial charge in [0.15, 0.2) is 0 Å². The number of fused-ring (bicyclic) bond motifs is 2. The van der Waals surface area contributed by atoms with E-state index in [1.165, 1.54) is 6.07 Å². The van der Waals surface area contributed by atoms with Crippen LogP contribution in [0.25, 0.3) is 6.08 Å². The normalized spacial score (nSPS) is 27.2. The van der Waals surface area contributed by atoms with Crippen molar-refractivity contribution < 1.29 is 18.6 Å². The molecule has 2 aliphatic rings. The summed E-state index contributed by atoms with van der Waals surface area (Å²) in [6.45, 7) is 2.03. The smallest absolute Gasteiger partial charge is 0.349 e. The maximum absolute atomic E-state index is 13.9. The number of aliphatic hydroxyl groups is 1. The summed E-state index contributed by atoms with van der Waals surface area (Å²) in [6.07, 6.45) is 6.34. The van der Waals surface area contributed by atoms with Crippen molar-refractivity contribution in [2.45, 2.75) is 43.6 Å². The number of nitrogens with one attached hydrogen (secondary N) is 1. The van der Waals surface area contributed by atoms with E-state index >= 15 is 0 Å². The quantitative estimate of drug-likeness (QED) is 0.526. The van der Waals surface area contributed by atoms with Crippen LogP contribution in [0.4, 0.5) is 10.1 Å². The molecule has 2 N–H and O–H groups in total. The van der Waals surface area contributed by atoms with Crippen LogP contribution in [0.15, 0.2) is 48.5 Å². The highest BCUT2D eigenvalue weighted by atomic mass is 35.5. The molecule has 0 heterocycles. The van der Waals surface area contributed by atoms with E-state index in [0.29, 0.717) is 36.4 Å². The summed E-state index contributed by atoms with van der Waals surface area (Å²) in [5, 5.41) is 13.7. The van der Waals surface area contributed by atoms with Crippen LogP contribution in [-0.2, 0) is 14.5 Å². The molecule has 4 atom stereocenters. The molecule has 1 saturated carbocycles. The zero-order chi connectivity index (χ0) is 22.9. The van der Waals surface area contributed by atoms with E-state index in [4.69, 9.17) is 27.8 Å². The van der Waals surface area contributed by atoms with Gasteiger partial charge in [0.1, 0.15) is 23.2 Å². The van der Waals surface area contributed by atoms with Crippen molar-refractivity contribution in [3.8, 4) is 0 Å². The molecule has 0 saturated heterocycles. The second kappa shape index (κ2) is 9.05. The highest BCUT2D eigenvalue weighted by Crippen LogP contribution is 2.55. The van der Waals surface area contributed by atoms with Crippen molar-refractivity contribution >= 4 is 41.2 Å². The lowest BCUT2D eigenvalue weighted by Gasteiger charge is -2.49. The Morgan fingerprint density at radius 1 is 1.31 bits per heavy atom. The maximum atomic E-state index is 13.9. The molecule has 4 nitrogen and oxygen atoms in total. The summed E-state index contributed by atoms with van der Waals surface area (Å²) < 4.78 is 18.6. The van der Waals surface area contributed by atoms with Gasteiger partial charge in [0, 0.05) is 22.7 Å². The lowest BCUT2D eigenvalue weighted by Crippen LogP contribution is -2.55. The molecular weight excluding hydrogens is 452 g/mol. The second-order valence-corrected chi connectivity index (χ2v) is 9.70. The predicted octanol–water partition coefficient (Wildman–Crippen LogP) is 6.11. The summed E-state index contributed by atoms with van der Waals surface area (Å²) in [4.78, 5) is 13.0. The van der Waals surface area contributed by atoms with Crippen LogP contribution in [0.2, 0.25) is 5.02 Å². The zero-order valence-corrected chi connectivity index (χ0v) is 19.3. The highest BCUT2D eigenvalue weighted by molar-refractivity contribution is 6.30. The molecule has 2 aromatic rings. The first kappa shape index (κ1) is 23.1. The fourth-order valence-corrected chi connectivity index (χ4v) is 5.78. The zero-order valence-electron chi connectivity index (χ0n) is 17.8. The van der Waals surface area contributed by atoms with E-state index in [1.807, 2.05) is 31.2 Å². The van der Waals surface area contributed by atoms with Gasteiger partial charge in [-0.1, -0.05) is 42.8 Å². The van der Waals surface area contributed by atoms with Crippen LogP contribution in [0.1, 0.15) is 43.7 Å². The SMILES string of the molecule is C[C@@H](CO)CC1CC(Nc2cccc(Cl)c2)(C(=O)OCl)CCC12C=Cc1cc(F)ccc12. The summed E-state index contributed by atoms with van der Waals surface area (Å²) in [5.41, 5.74) is 1.23. The van der Waals surface area contributed by atoms with E-state index in [0.717, 1.165) is 11.1 Å². The van der Waals surface area contributed by atoms with E-state index in [2.05, 4.69) is 11.4 Å². The average Bonchev–Trinajstić information content (AvgIpc) is 3.14. The first-order chi connectivity index (χ1) is 15.3. The summed E-state index contributed by atoms with van der Waals surface area (Å²) in [5.74, 6) is -0.797. The van der Waals surface area contributed by atoms with E-state index in [1.54, 1.807) is 18.2 Å². The van der Waals surface area contributed by atoms with Gasteiger partial charge in [0.05, 0.1) is 0 Å². The van der Waals surface area contributed by atoms with Gasteiger partial charge in [-0.2, -0.15) is 0 Å². The first-order valence-corrected chi connectivity index (χ1v) is 11.5. The number of aliphatic hydroxyl groups excluding tert-OH is 1. The Balaban J connectivity index is 1.74. The third-order valence-corrected chi connectivity index (χ3v) is 7.41. The number of anilines is 1.